The van der Waals surface area contributed by atoms with Crippen LogP contribution in [0.3, 0.4) is 0 Å². The van der Waals surface area contributed by atoms with Gasteiger partial charge in [-0.3, -0.25) is 24.1 Å². The Morgan fingerprint density at radius 2 is 1.73 bits per heavy atom. The molecule has 0 unspecified atom stereocenters. The minimum atomic E-state index is -0.504. The van der Waals surface area contributed by atoms with Crippen molar-refractivity contribution in [1.82, 2.24) is 14.7 Å². The van der Waals surface area contributed by atoms with Crippen LogP contribution in [0.4, 0.5) is 4.79 Å². The normalized spacial score (nSPS) is 18.2. The second-order valence-electron chi connectivity index (χ2n) is 9.52. The van der Waals surface area contributed by atoms with E-state index in [1.807, 2.05) is 25.1 Å². The molecule has 0 bridgehead atoms. The lowest BCUT2D eigenvalue weighted by Crippen LogP contribution is -2.44. The molecule has 4 amide bonds. The number of fused-ring (bicyclic) bond motifs is 1. The van der Waals surface area contributed by atoms with E-state index in [0.717, 1.165) is 28.6 Å². The Hall–Kier alpha value is -3.83. The van der Waals surface area contributed by atoms with E-state index in [0.29, 0.717) is 63.1 Å². The molecule has 3 aliphatic rings. The summed E-state index contributed by atoms with van der Waals surface area (Å²) in [6, 6.07) is 13.1. The molecule has 3 heterocycles. The van der Waals surface area contributed by atoms with Crippen LogP contribution in [0.15, 0.2) is 47.4 Å². The Kier molecular flexibility index (Phi) is 8.71. The predicted molar refractivity (Wildman–Crippen MR) is 149 cm³/mol. The number of hydrogen-bond acceptors (Lipinski definition) is 8. The fourth-order valence-corrected chi connectivity index (χ4v) is 5.62. The highest BCUT2D eigenvalue weighted by molar-refractivity contribution is 8.18. The molecule has 0 radical (unpaired) electrons. The highest BCUT2D eigenvalue weighted by Crippen LogP contribution is 2.35. The number of carbonyl (C=O) groups is 4. The van der Waals surface area contributed by atoms with Gasteiger partial charge in [0.2, 0.25) is 5.91 Å². The molecule has 0 atom stereocenters. The van der Waals surface area contributed by atoms with Gasteiger partial charge in [-0.1, -0.05) is 30.3 Å². The quantitative estimate of drug-likeness (QED) is 0.450. The SMILES string of the molecule is CCOc1cc(/C=C2\SC(=O)N(CC(=O)N3CCc4ccccc4C3)C2=O)ccc1OCC(=O)N1CCOCC1. The highest BCUT2D eigenvalue weighted by atomic mass is 32.2. The second-order valence-corrected chi connectivity index (χ2v) is 10.5. The summed E-state index contributed by atoms with van der Waals surface area (Å²) < 4.78 is 16.8. The van der Waals surface area contributed by atoms with Crippen LogP contribution < -0.4 is 9.47 Å². The maximum absolute atomic E-state index is 13.1. The van der Waals surface area contributed by atoms with E-state index < -0.39 is 11.1 Å². The van der Waals surface area contributed by atoms with E-state index >= 15 is 0 Å². The molecule has 0 saturated carbocycles. The molecule has 2 aromatic rings. The average molecular weight is 566 g/mol. The monoisotopic (exact) mass is 565 g/mol. The van der Waals surface area contributed by atoms with Gasteiger partial charge < -0.3 is 24.0 Å². The summed E-state index contributed by atoms with van der Waals surface area (Å²) in [6.07, 6.45) is 2.34. The van der Waals surface area contributed by atoms with Crippen LogP contribution in [0, 0.1) is 0 Å². The van der Waals surface area contributed by atoms with Gasteiger partial charge in [-0.2, -0.15) is 0 Å². The Morgan fingerprint density at radius 3 is 2.50 bits per heavy atom. The average Bonchev–Trinajstić information content (AvgIpc) is 3.24. The van der Waals surface area contributed by atoms with Crippen molar-refractivity contribution < 1.29 is 33.4 Å². The van der Waals surface area contributed by atoms with Crippen LogP contribution in [0.25, 0.3) is 6.08 Å². The highest BCUT2D eigenvalue weighted by Gasteiger charge is 2.37. The lowest BCUT2D eigenvalue weighted by molar-refractivity contribution is -0.137. The number of nitrogens with zero attached hydrogens (tertiary/aromatic N) is 3. The fraction of sp³-hybridized carbons (Fsp3) is 0.379. The number of benzene rings is 2. The zero-order valence-corrected chi connectivity index (χ0v) is 23.1. The van der Waals surface area contributed by atoms with Gasteiger partial charge in [-0.25, -0.2) is 0 Å². The molecule has 2 saturated heterocycles. The summed E-state index contributed by atoms with van der Waals surface area (Å²) in [5, 5.41) is -0.478. The number of ether oxygens (including phenoxy) is 3. The topological polar surface area (TPSA) is 106 Å². The number of amides is 4. The van der Waals surface area contributed by atoms with Crippen molar-refractivity contribution in [2.75, 3.05) is 52.6 Å². The summed E-state index contributed by atoms with van der Waals surface area (Å²) in [5.74, 6) is -0.0694. The smallest absolute Gasteiger partial charge is 0.294 e. The van der Waals surface area contributed by atoms with E-state index in [4.69, 9.17) is 14.2 Å². The largest absolute Gasteiger partial charge is 0.490 e. The molecule has 40 heavy (non-hydrogen) atoms. The van der Waals surface area contributed by atoms with Crippen molar-refractivity contribution in [1.29, 1.82) is 0 Å². The van der Waals surface area contributed by atoms with Crippen molar-refractivity contribution in [3.63, 3.8) is 0 Å². The van der Waals surface area contributed by atoms with Gasteiger partial charge in [0.05, 0.1) is 24.7 Å². The van der Waals surface area contributed by atoms with Gasteiger partial charge in [0.1, 0.15) is 6.54 Å². The third-order valence-electron chi connectivity index (χ3n) is 6.93. The number of hydrogen-bond donors (Lipinski definition) is 0. The van der Waals surface area contributed by atoms with Gasteiger partial charge in [0.15, 0.2) is 18.1 Å². The van der Waals surface area contributed by atoms with Crippen LogP contribution >= 0.6 is 11.8 Å². The standard InChI is InChI=1S/C29H31N3O7S/c1-2-38-24-15-20(7-8-23(24)39-19-27(34)30-11-13-37-14-12-30)16-25-28(35)32(29(36)40-25)18-26(33)31-10-9-21-5-3-4-6-22(21)17-31/h3-8,15-16H,2,9-14,17-19H2,1H3/b25-16-. The Labute approximate surface area is 236 Å². The minimum Gasteiger partial charge on any atom is -0.490 e. The predicted octanol–water partition coefficient (Wildman–Crippen LogP) is 2.94. The first-order valence-electron chi connectivity index (χ1n) is 13.3. The zero-order valence-electron chi connectivity index (χ0n) is 22.3. The number of rotatable bonds is 8. The summed E-state index contributed by atoms with van der Waals surface area (Å²) in [7, 11) is 0. The van der Waals surface area contributed by atoms with Crippen molar-refractivity contribution >= 4 is 40.8 Å². The summed E-state index contributed by atoms with van der Waals surface area (Å²) >= 11 is 0.803. The van der Waals surface area contributed by atoms with Crippen molar-refractivity contribution in [3.8, 4) is 11.5 Å². The maximum Gasteiger partial charge on any atom is 0.294 e. The van der Waals surface area contributed by atoms with Crippen LogP contribution in [-0.4, -0.2) is 90.3 Å². The lowest BCUT2D eigenvalue weighted by atomic mass is 10.00. The van der Waals surface area contributed by atoms with Crippen LogP contribution in [-0.2, 0) is 32.1 Å². The molecule has 0 N–H and O–H groups in total. The molecule has 210 valence electrons. The number of thioether (sulfide) groups is 1. The van der Waals surface area contributed by atoms with Gasteiger partial charge in [0.25, 0.3) is 17.1 Å². The Balaban J connectivity index is 1.23. The molecule has 0 aromatic heterocycles. The van der Waals surface area contributed by atoms with Gasteiger partial charge in [-0.05, 0) is 60.0 Å². The van der Waals surface area contributed by atoms with Crippen molar-refractivity contribution in [2.24, 2.45) is 0 Å². The van der Waals surface area contributed by atoms with Gasteiger partial charge in [0, 0.05) is 26.2 Å². The fourth-order valence-electron chi connectivity index (χ4n) is 4.78. The molecular weight excluding hydrogens is 534 g/mol. The van der Waals surface area contributed by atoms with E-state index in [2.05, 4.69) is 6.07 Å². The first kappa shape index (κ1) is 27.7. The Morgan fingerprint density at radius 1 is 0.950 bits per heavy atom. The van der Waals surface area contributed by atoms with Crippen LogP contribution in [0.1, 0.15) is 23.6 Å². The molecule has 2 aromatic carbocycles. The summed E-state index contributed by atoms with van der Waals surface area (Å²) in [6.45, 7) is 4.89. The van der Waals surface area contributed by atoms with Crippen LogP contribution in [0.2, 0.25) is 0 Å². The lowest BCUT2D eigenvalue weighted by Gasteiger charge is -2.29. The van der Waals surface area contributed by atoms with Gasteiger partial charge in [-0.15, -0.1) is 0 Å². The second kappa shape index (κ2) is 12.6. The van der Waals surface area contributed by atoms with Crippen molar-refractivity contribution in [2.45, 2.75) is 19.9 Å². The molecule has 10 nitrogen and oxygen atoms in total. The first-order chi connectivity index (χ1) is 19.4. The third-order valence-corrected chi connectivity index (χ3v) is 7.84. The molecule has 2 fully saturated rings. The van der Waals surface area contributed by atoms with E-state index in [-0.39, 0.29) is 29.9 Å². The molecule has 5 rings (SSSR count). The molecular formula is C29H31N3O7S. The summed E-state index contributed by atoms with van der Waals surface area (Å²) in [4.78, 5) is 55.8. The molecule has 0 spiro atoms. The van der Waals surface area contributed by atoms with Gasteiger partial charge >= 0.3 is 0 Å². The van der Waals surface area contributed by atoms with E-state index in [1.165, 1.54) is 5.56 Å². The van der Waals surface area contributed by atoms with E-state index in [9.17, 15) is 19.2 Å². The molecule has 3 aliphatic heterocycles. The molecule has 11 heteroatoms. The molecule has 0 aliphatic carbocycles. The maximum atomic E-state index is 13.1. The first-order valence-corrected chi connectivity index (χ1v) is 14.1. The zero-order chi connectivity index (χ0) is 28.1. The number of carbonyl (C=O) groups excluding carboxylic acids is 4. The van der Waals surface area contributed by atoms with E-state index in [1.54, 1.807) is 34.1 Å². The number of imide groups is 1. The summed E-state index contributed by atoms with van der Waals surface area (Å²) in [5.41, 5.74) is 2.92. The Bertz CT molecular complexity index is 1340. The third kappa shape index (κ3) is 6.31. The van der Waals surface area contributed by atoms with Crippen LogP contribution in [0.5, 0.6) is 11.5 Å². The minimum absolute atomic E-state index is 0.130. The number of morpholine rings is 1. The van der Waals surface area contributed by atoms with Crippen molar-refractivity contribution in [3.05, 3.63) is 64.1 Å².